The Morgan fingerprint density at radius 3 is 0.400 bits per heavy atom. The molecule has 0 fully saturated rings. The van der Waals surface area contributed by atoms with Gasteiger partial charge in [0.15, 0.2) is 0 Å². The molecule has 0 N–H and O–H groups in total. The van der Waals surface area contributed by atoms with E-state index in [0.29, 0.717) is 0 Å². The number of hydrogen-bond acceptors (Lipinski definition) is 0. The standard InChI is InChI=1S/4C2H6.CH4.Ar/c4*1-2;;/h4*1-2H3;1H4;. The van der Waals surface area contributed by atoms with Crippen LogP contribution in [0.5, 0.6) is 0 Å². The molecule has 10 heavy (non-hydrogen) atoms. The van der Waals surface area contributed by atoms with Crippen LogP contribution >= 0.6 is 0 Å². The topological polar surface area (TPSA) is 0 Å². The number of hydrogen-bond donors (Lipinski definition) is 0. The van der Waals surface area contributed by atoms with Gasteiger partial charge in [0.25, 0.3) is 0 Å². The molecule has 0 amide bonds. The molecule has 0 radical (unpaired) electrons. The molecule has 0 aromatic rings. The molecule has 0 bridgehead atoms. The fraction of sp³-hybridized carbons (Fsp3) is 1.00. The summed E-state index contributed by atoms with van der Waals surface area (Å²) < 4.78 is 0. The predicted molar refractivity (Wildman–Crippen MR) is 52.1 cm³/mol. The SMILES string of the molecule is C.CC.CC.CC.CC.[Ar]. The second kappa shape index (κ2) is 554. The van der Waals surface area contributed by atoms with Crippen molar-refractivity contribution >= 4 is 0 Å². The first kappa shape index (κ1) is 42.8. The summed E-state index contributed by atoms with van der Waals surface area (Å²) in [5.74, 6) is 0. The molecule has 72 valence electrons. The fourth-order valence-corrected chi connectivity index (χ4v) is 0. The minimum absolute atomic E-state index is 0. The summed E-state index contributed by atoms with van der Waals surface area (Å²) >= 11 is 0. The van der Waals surface area contributed by atoms with E-state index >= 15 is 0 Å². The van der Waals surface area contributed by atoms with E-state index in [1.807, 2.05) is 55.4 Å². The average molecular weight is 176 g/mol. The van der Waals surface area contributed by atoms with Crippen molar-refractivity contribution in [3.63, 3.8) is 0 Å². The van der Waals surface area contributed by atoms with Crippen LogP contribution in [0.25, 0.3) is 0 Å². The molecule has 0 aromatic heterocycles. The van der Waals surface area contributed by atoms with Crippen LogP contribution in [-0.4, -0.2) is 0 Å². The summed E-state index contributed by atoms with van der Waals surface area (Å²) in [5.41, 5.74) is 0. The molecule has 0 heterocycles. The first-order valence-electron chi connectivity index (χ1n) is 4.00. The van der Waals surface area contributed by atoms with Crippen LogP contribution in [0.2, 0.25) is 0 Å². The van der Waals surface area contributed by atoms with Crippen molar-refractivity contribution in [2.45, 2.75) is 62.8 Å². The minimum atomic E-state index is 0. The maximum Gasteiger partial charge on any atom is 0 e. The second-order valence-electron chi connectivity index (χ2n) is 0. The van der Waals surface area contributed by atoms with Gasteiger partial charge in [0.1, 0.15) is 0 Å². The first-order valence-corrected chi connectivity index (χ1v) is 4.00. The first-order chi connectivity index (χ1) is 4.00. The van der Waals surface area contributed by atoms with Crippen molar-refractivity contribution in [2.75, 3.05) is 0 Å². The van der Waals surface area contributed by atoms with Gasteiger partial charge in [0.2, 0.25) is 0 Å². The minimum Gasteiger partial charge on any atom is -0.0776 e. The quantitative estimate of drug-likeness (QED) is 0.500. The molecule has 0 rings (SSSR count). The van der Waals surface area contributed by atoms with Crippen LogP contribution in [0, 0.1) is 37.7 Å². The number of rotatable bonds is 0. The maximum atomic E-state index is 2.00. The molecule has 0 saturated carbocycles. The van der Waals surface area contributed by atoms with E-state index in [-0.39, 0.29) is 45.2 Å². The van der Waals surface area contributed by atoms with Crippen LogP contribution in [0.1, 0.15) is 62.8 Å². The molecular formula is C9H28Ar. The molecule has 0 spiro atoms. The smallest absolute Gasteiger partial charge is 0 e. The third-order valence-electron chi connectivity index (χ3n) is 0. The van der Waals surface area contributed by atoms with E-state index in [9.17, 15) is 0 Å². The Morgan fingerprint density at radius 2 is 0.400 bits per heavy atom. The molecule has 1 heteroatoms. The van der Waals surface area contributed by atoms with Crippen LogP contribution < -0.4 is 0 Å². The summed E-state index contributed by atoms with van der Waals surface area (Å²) in [6, 6.07) is 0. The summed E-state index contributed by atoms with van der Waals surface area (Å²) in [4.78, 5) is 0. The zero-order valence-corrected chi connectivity index (χ0v) is 9.06. The second-order valence-corrected chi connectivity index (χ2v) is 0. The predicted octanol–water partition coefficient (Wildman–Crippen LogP) is 4.74. The monoisotopic (exact) mass is 176 g/mol. The largest absolute Gasteiger partial charge is 0.0776 e. The van der Waals surface area contributed by atoms with Gasteiger partial charge in [-0.1, -0.05) is 62.8 Å². The van der Waals surface area contributed by atoms with Gasteiger partial charge >= 0.3 is 0 Å². The Balaban J connectivity index is -0.00000000500. The molecule has 0 aromatic carbocycles. The van der Waals surface area contributed by atoms with E-state index in [0.717, 1.165) is 0 Å². The Morgan fingerprint density at radius 1 is 0.400 bits per heavy atom. The molecule has 0 aliphatic heterocycles. The zero-order valence-electron chi connectivity index (χ0n) is 8.35. The zero-order chi connectivity index (χ0) is 8.00. The molecule has 0 saturated heterocycles. The van der Waals surface area contributed by atoms with Gasteiger partial charge < -0.3 is 0 Å². The van der Waals surface area contributed by atoms with Gasteiger partial charge in [0, 0.05) is 37.7 Å². The third kappa shape index (κ3) is 398. The molecule has 0 aliphatic carbocycles. The fourth-order valence-electron chi connectivity index (χ4n) is 0. The Hall–Kier alpha value is 1.26. The van der Waals surface area contributed by atoms with Crippen LogP contribution in [-0.2, 0) is 0 Å². The summed E-state index contributed by atoms with van der Waals surface area (Å²) in [6.07, 6.45) is 0. The Bertz CT molecular complexity index is 4.69. The average Bonchev–Trinajstić information content (AvgIpc) is 2.03. The van der Waals surface area contributed by atoms with Crippen molar-refractivity contribution in [3.05, 3.63) is 0 Å². The third-order valence-corrected chi connectivity index (χ3v) is 0. The van der Waals surface area contributed by atoms with E-state index in [4.69, 9.17) is 0 Å². The molecule has 0 nitrogen and oxygen atoms in total. The van der Waals surface area contributed by atoms with Crippen LogP contribution in [0.4, 0.5) is 0 Å². The van der Waals surface area contributed by atoms with Gasteiger partial charge in [-0.3, -0.25) is 0 Å². The van der Waals surface area contributed by atoms with Gasteiger partial charge in [-0.05, 0) is 0 Å². The van der Waals surface area contributed by atoms with E-state index < -0.39 is 0 Å². The van der Waals surface area contributed by atoms with E-state index in [1.54, 1.807) is 0 Å². The summed E-state index contributed by atoms with van der Waals surface area (Å²) in [5, 5.41) is 0. The molecule has 0 unspecified atom stereocenters. The molecular weight excluding hydrogens is 148 g/mol. The van der Waals surface area contributed by atoms with E-state index in [1.165, 1.54) is 0 Å². The maximum absolute atomic E-state index is 2.00. The van der Waals surface area contributed by atoms with Gasteiger partial charge in [0.05, 0.1) is 0 Å². The summed E-state index contributed by atoms with van der Waals surface area (Å²) in [7, 11) is 0. The summed E-state index contributed by atoms with van der Waals surface area (Å²) in [6.45, 7) is 16.0. The molecule has 0 aliphatic rings. The van der Waals surface area contributed by atoms with Crippen molar-refractivity contribution in [1.29, 1.82) is 0 Å². The normalized spacial score (nSPS) is 2.40. The van der Waals surface area contributed by atoms with Crippen molar-refractivity contribution in [3.8, 4) is 0 Å². The Labute approximate surface area is 99.8 Å². The Kier molecular flexibility index (Phi) is 2370. The van der Waals surface area contributed by atoms with Crippen molar-refractivity contribution in [2.24, 2.45) is 0 Å². The van der Waals surface area contributed by atoms with Gasteiger partial charge in [-0.25, -0.2) is 0 Å². The van der Waals surface area contributed by atoms with E-state index in [2.05, 4.69) is 0 Å². The van der Waals surface area contributed by atoms with Crippen molar-refractivity contribution in [1.82, 2.24) is 0 Å². The van der Waals surface area contributed by atoms with Crippen LogP contribution in [0.3, 0.4) is 0 Å². The van der Waals surface area contributed by atoms with Gasteiger partial charge in [-0.2, -0.15) is 0 Å². The van der Waals surface area contributed by atoms with Crippen molar-refractivity contribution < 1.29 is 37.7 Å². The molecule has 0 atom stereocenters. The van der Waals surface area contributed by atoms with Crippen LogP contribution in [0.15, 0.2) is 0 Å². The van der Waals surface area contributed by atoms with Gasteiger partial charge in [-0.15, -0.1) is 0 Å².